The van der Waals surface area contributed by atoms with Crippen LogP contribution in [0.2, 0.25) is 0 Å². The van der Waals surface area contributed by atoms with Crippen molar-refractivity contribution in [3.63, 3.8) is 0 Å². The highest BCUT2D eigenvalue weighted by atomic mass is 16.5. The first-order chi connectivity index (χ1) is 9.93. The number of nitrogens with zero attached hydrogens (tertiary/aromatic N) is 1. The van der Waals surface area contributed by atoms with Gasteiger partial charge < -0.3 is 20.3 Å². The van der Waals surface area contributed by atoms with Crippen LogP contribution < -0.4 is 11.1 Å². The Bertz CT molecular complexity index is 645. The molecule has 0 saturated heterocycles. The molecular weight excluding hydrogens is 270 g/mol. The lowest BCUT2D eigenvalue weighted by molar-refractivity contribution is 0.0602. The molecule has 0 spiro atoms. The number of aromatic nitrogens is 1. The van der Waals surface area contributed by atoms with Gasteiger partial charge in [-0.2, -0.15) is 0 Å². The normalized spacial score (nSPS) is 12.0. The molecule has 0 radical (unpaired) electrons. The van der Waals surface area contributed by atoms with Crippen LogP contribution in [0, 0.1) is 13.8 Å². The van der Waals surface area contributed by atoms with Crippen molar-refractivity contribution >= 4 is 17.3 Å². The van der Waals surface area contributed by atoms with Crippen LogP contribution in [0.25, 0.3) is 0 Å². The molecule has 3 N–H and O–H groups in total. The number of nitrogen functional groups attached to an aromatic ring is 1. The molecule has 1 heterocycles. The first-order valence-corrected chi connectivity index (χ1v) is 6.61. The number of nitrogens with one attached hydrogen (secondary N) is 1. The maximum Gasteiger partial charge on any atom is 0.340 e. The summed E-state index contributed by atoms with van der Waals surface area (Å²) in [5, 5.41) is 7.25. The van der Waals surface area contributed by atoms with E-state index in [2.05, 4.69) is 10.5 Å². The molecule has 2 rings (SSSR count). The van der Waals surface area contributed by atoms with Gasteiger partial charge in [-0.1, -0.05) is 5.16 Å². The van der Waals surface area contributed by atoms with Crippen molar-refractivity contribution in [2.24, 2.45) is 0 Å². The summed E-state index contributed by atoms with van der Waals surface area (Å²) < 4.78 is 9.88. The average Bonchev–Trinajstić information content (AvgIpc) is 2.79. The van der Waals surface area contributed by atoms with Crippen LogP contribution in [-0.2, 0) is 4.74 Å². The molecule has 6 heteroatoms. The summed E-state index contributed by atoms with van der Waals surface area (Å²) in [6.45, 7) is 5.77. The van der Waals surface area contributed by atoms with Crippen molar-refractivity contribution in [2.45, 2.75) is 26.8 Å². The van der Waals surface area contributed by atoms with Crippen molar-refractivity contribution < 1.29 is 14.1 Å². The van der Waals surface area contributed by atoms with Gasteiger partial charge in [-0.25, -0.2) is 4.79 Å². The quantitative estimate of drug-likeness (QED) is 0.664. The predicted octanol–water partition coefficient (Wildman–Crippen LogP) is 2.83. The fourth-order valence-corrected chi connectivity index (χ4v) is 2.36. The Morgan fingerprint density at radius 3 is 2.71 bits per heavy atom. The molecule has 0 aliphatic carbocycles. The number of hydrogen-bond donors (Lipinski definition) is 2. The largest absolute Gasteiger partial charge is 0.465 e. The Kier molecular flexibility index (Phi) is 4.16. The molecule has 6 nitrogen and oxygen atoms in total. The Morgan fingerprint density at radius 2 is 2.14 bits per heavy atom. The first kappa shape index (κ1) is 14.9. The summed E-state index contributed by atoms with van der Waals surface area (Å²) in [5.41, 5.74) is 9.14. The maximum absolute atomic E-state index is 11.7. The Hall–Kier alpha value is -2.50. The molecule has 1 atom stereocenters. The van der Waals surface area contributed by atoms with Gasteiger partial charge in [0.25, 0.3) is 0 Å². The molecule has 0 fully saturated rings. The van der Waals surface area contributed by atoms with E-state index in [1.165, 1.54) is 7.11 Å². The van der Waals surface area contributed by atoms with Gasteiger partial charge >= 0.3 is 5.97 Å². The van der Waals surface area contributed by atoms with Gasteiger partial charge in [0.15, 0.2) is 0 Å². The highest BCUT2D eigenvalue weighted by Crippen LogP contribution is 2.26. The van der Waals surface area contributed by atoms with Crippen LogP contribution in [0.1, 0.15) is 40.3 Å². The first-order valence-electron chi connectivity index (χ1n) is 6.61. The van der Waals surface area contributed by atoms with E-state index in [4.69, 9.17) is 15.0 Å². The number of esters is 1. The third kappa shape index (κ3) is 2.99. The Labute approximate surface area is 123 Å². The molecule has 21 heavy (non-hydrogen) atoms. The van der Waals surface area contributed by atoms with E-state index < -0.39 is 5.97 Å². The SMILES string of the molecule is COC(=O)c1cc(NC(C)c2c(C)noc2C)ccc1N. The number of anilines is 2. The smallest absolute Gasteiger partial charge is 0.340 e. The van der Waals surface area contributed by atoms with Gasteiger partial charge in [0.2, 0.25) is 0 Å². The molecule has 1 aromatic carbocycles. The molecule has 0 aliphatic heterocycles. The Morgan fingerprint density at radius 1 is 1.43 bits per heavy atom. The van der Waals surface area contributed by atoms with Gasteiger partial charge in [-0.05, 0) is 39.0 Å². The van der Waals surface area contributed by atoms with E-state index in [0.717, 1.165) is 22.7 Å². The fraction of sp³-hybridized carbons (Fsp3) is 0.333. The van der Waals surface area contributed by atoms with E-state index in [0.29, 0.717) is 11.3 Å². The lowest BCUT2D eigenvalue weighted by atomic mass is 10.1. The summed E-state index contributed by atoms with van der Waals surface area (Å²) in [4.78, 5) is 11.7. The van der Waals surface area contributed by atoms with Crippen molar-refractivity contribution in [1.29, 1.82) is 0 Å². The highest BCUT2D eigenvalue weighted by molar-refractivity contribution is 5.96. The van der Waals surface area contributed by atoms with E-state index in [1.807, 2.05) is 26.8 Å². The van der Waals surface area contributed by atoms with Gasteiger partial charge in [-0.15, -0.1) is 0 Å². The number of carbonyl (C=O) groups is 1. The predicted molar refractivity (Wildman–Crippen MR) is 80.2 cm³/mol. The topological polar surface area (TPSA) is 90.4 Å². The molecule has 0 saturated carbocycles. The number of benzene rings is 1. The highest BCUT2D eigenvalue weighted by Gasteiger charge is 2.17. The number of hydrogen-bond acceptors (Lipinski definition) is 6. The van der Waals surface area contributed by atoms with Gasteiger partial charge in [0.05, 0.1) is 24.4 Å². The minimum absolute atomic E-state index is 0.00892. The van der Waals surface area contributed by atoms with Crippen LogP contribution in [0.3, 0.4) is 0 Å². The minimum Gasteiger partial charge on any atom is -0.465 e. The zero-order valence-corrected chi connectivity index (χ0v) is 12.6. The van der Waals surface area contributed by atoms with E-state index >= 15 is 0 Å². The molecule has 2 aromatic rings. The van der Waals surface area contributed by atoms with Gasteiger partial charge in [0.1, 0.15) is 5.76 Å². The summed E-state index contributed by atoms with van der Waals surface area (Å²) in [6, 6.07) is 5.16. The summed E-state index contributed by atoms with van der Waals surface area (Å²) in [7, 11) is 1.33. The third-order valence-corrected chi connectivity index (χ3v) is 3.36. The van der Waals surface area contributed by atoms with Crippen molar-refractivity contribution in [3.05, 3.63) is 40.8 Å². The molecule has 1 aromatic heterocycles. The third-order valence-electron chi connectivity index (χ3n) is 3.36. The van der Waals surface area contributed by atoms with E-state index in [1.54, 1.807) is 12.1 Å². The van der Waals surface area contributed by atoms with Crippen LogP contribution in [0.15, 0.2) is 22.7 Å². The second-order valence-electron chi connectivity index (χ2n) is 4.90. The van der Waals surface area contributed by atoms with E-state index in [9.17, 15) is 4.79 Å². The molecule has 1 unspecified atom stereocenters. The molecule has 0 bridgehead atoms. The van der Waals surface area contributed by atoms with Crippen LogP contribution in [-0.4, -0.2) is 18.2 Å². The fourth-order valence-electron chi connectivity index (χ4n) is 2.36. The van der Waals surface area contributed by atoms with Crippen molar-refractivity contribution in [3.8, 4) is 0 Å². The van der Waals surface area contributed by atoms with Crippen molar-refractivity contribution in [1.82, 2.24) is 5.16 Å². The average molecular weight is 289 g/mol. The monoisotopic (exact) mass is 289 g/mol. The van der Waals surface area contributed by atoms with Gasteiger partial charge in [0, 0.05) is 16.9 Å². The number of rotatable bonds is 4. The van der Waals surface area contributed by atoms with Crippen LogP contribution in [0.4, 0.5) is 11.4 Å². The van der Waals surface area contributed by atoms with Crippen LogP contribution in [0.5, 0.6) is 0 Å². The number of carbonyl (C=O) groups excluding carboxylic acids is 1. The summed E-state index contributed by atoms with van der Waals surface area (Å²) in [5.74, 6) is 0.317. The molecule has 0 aliphatic rings. The van der Waals surface area contributed by atoms with Gasteiger partial charge in [-0.3, -0.25) is 0 Å². The zero-order valence-electron chi connectivity index (χ0n) is 12.6. The molecule has 112 valence electrons. The second kappa shape index (κ2) is 5.87. The maximum atomic E-state index is 11.7. The summed E-state index contributed by atoms with van der Waals surface area (Å²) >= 11 is 0. The zero-order chi connectivity index (χ0) is 15.6. The lowest BCUT2D eigenvalue weighted by Gasteiger charge is -2.16. The Balaban J connectivity index is 2.26. The summed E-state index contributed by atoms with van der Waals surface area (Å²) in [6.07, 6.45) is 0. The van der Waals surface area contributed by atoms with E-state index in [-0.39, 0.29) is 6.04 Å². The number of ether oxygens (including phenoxy) is 1. The van der Waals surface area contributed by atoms with Crippen LogP contribution >= 0.6 is 0 Å². The minimum atomic E-state index is -0.457. The molecule has 0 amide bonds. The number of methoxy groups -OCH3 is 1. The molecular formula is C15H19N3O3. The lowest BCUT2D eigenvalue weighted by Crippen LogP contribution is -2.11. The number of aryl methyl sites for hydroxylation is 2. The second-order valence-corrected chi connectivity index (χ2v) is 4.90. The standard InChI is InChI=1S/C15H19N3O3/c1-8(14-9(2)18-21-10(14)3)17-11-5-6-13(16)12(7-11)15(19)20-4/h5-8,17H,16H2,1-4H3. The van der Waals surface area contributed by atoms with Crippen molar-refractivity contribution in [2.75, 3.05) is 18.2 Å². The number of nitrogens with two attached hydrogens (primary N) is 1.